The molecule has 2 atom stereocenters. The van der Waals surface area contributed by atoms with E-state index >= 15 is 0 Å². The molecule has 1 saturated carbocycles. The van der Waals surface area contributed by atoms with Crippen LogP contribution in [0.25, 0.3) is 22.4 Å². The molecule has 1 aromatic carbocycles. The Bertz CT molecular complexity index is 762. The Morgan fingerprint density at radius 2 is 2.10 bits per heavy atom. The largest absolute Gasteiger partial charge is 0.464 e. The number of nitrogens with zero attached hydrogens (tertiary/aromatic N) is 2. The summed E-state index contributed by atoms with van der Waals surface area (Å²) in [6, 6.07) is 8.10. The quantitative estimate of drug-likeness (QED) is 0.779. The van der Waals surface area contributed by atoms with Crippen molar-refractivity contribution in [2.45, 2.75) is 37.6 Å². The second-order valence-corrected chi connectivity index (χ2v) is 5.73. The fraction of sp³-hybridized carbons (Fsp3) is 0.375. The van der Waals surface area contributed by atoms with Crippen molar-refractivity contribution in [1.82, 2.24) is 10.1 Å². The van der Waals surface area contributed by atoms with Gasteiger partial charge in [0.1, 0.15) is 11.8 Å². The fourth-order valence-electron chi connectivity index (χ4n) is 3.11. The van der Waals surface area contributed by atoms with Gasteiger partial charge in [-0.1, -0.05) is 29.8 Å². The van der Waals surface area contributed by atoms with Crippen molar-refractivity contribution in [2.24, 2.45) is 5.73 Å². The number of furan rings is 1. The zero-order valence-electron chi connectivity index (χ0n) is 11.7. The van der Waals surface area contributed by atoms with Gasteiger partial charge in [-0.05, 0) is 25.3 Å². The number of para-hydroxylation sites is 1. The molecule has 0 amide bonds. The maximum atomic E-state index is 6.03. The molecule has 21 heavy (non-hydrogen) atoms. The zero-order chi connectivity index (χ0) is 14.2. The summed E-state index contributed by atoms with van der Waals surface area (Å²) in [5, 5.41) is 5.13. The molecule has 0 radical (unpaired) electrons. The first-order valence-electron chi connectivity index (χ1n) is 7.37. The zero-order valence-corrected chi connectivity index (χ0v) is 11.7. The number of aromatic nitrogens is 2. The van der Waals surface area contributed by atoms with Gasteiger partial charge in [-0.2, -0.15) is 4.98 Å². The van der Waals surface area contributed by atoms with E-state index in [1.54, 1.807) is 6.26 Å². The van der Waals surface area contributed by atoms with E-state index in [9.17, 15) is 0 Å². The molecule has 3 aromatic rings. The average Bonchev–Trinajstić information content (AvgIpc) is 3.14. The Morgan fingerprint density at radius 3 is 3.00 bits per heavy atom. The number of hydrogen-bond donors (Lipinski definition) is 1. The summed E-state index contributed by atoms with van der Waals surface area (Å²) in [7, 11) is 0. The van der Waals surface area contributed by atoms with Crippen LogP contribution < -0.4 is 5.73 Å². The second kappa shape index (κ2) is 5.00. The van der Waals surface area contributed by atoms with Gasteiger partial charge in [-0.3, -0.25) is 0 Å². The van der Waals surface area contributed by atoms with Gasteiger partial charge in [0.25, 0.3) is 0 Å². The van der Waals surface area contributed by atoms with Gasteiger partial charge in [0.05, 0.1) is 5.56 Å². The standard InChI is InChI=1S/C16H17N3O2/c17-11-5-3-4-10(8-11)16-18-15(19-21-16)13-9-20-14-7-2-1-6-12(13)14/h1-2,6-7,9-11H,3-5,8,17H2. The minimum atomic E-state index is 0.244. The number of benzene rings is 1. The van der Waals surface area contributed by atoms with Crippen molar-refractivity contribution in [3.63, 3.8) is 0 Å². The highest BCUT2D eigenvalue weighted by atomic mass is 16.5. The third-order valence-corrected chi connectivity index (χ3v) is 4.23. The first-order valence-corrected chi connectivity index (χ1v) is 7.37. The second-order valence-electron chi connectivity index (χ2n) is 5.73. The SMILES string of the molecule is NC1CCCC(c2nc(-c3coc4ccccc34)no2)C1. The van der Waals surface area contributed by atoms with Gasteiger partial charge in [0.2, 0.25) is 11.7 Å². The van der Waals surface area contributed by atoms with Gasteiger partial charge in [0, 0.05) is 17.3 Å². The summed E-state index contributed by atoms with van der Waals surface area (Å²) in [5.41, 5.74) is 7.74. The van der Waals surface area contributed by atoms with Crippen molar-refractivity contribution in [3.8, 4) is 11.4 Å². The van der Waals surface area contributed by atoms with E-state index in [1.807, 2.05) is 24.3 Å². The van der Waals surface area contributed by atoms with Crippen LogP contribution in [0.2, 0.25) is 0 Å². The lowest BCUT2D eigenvalue weighted by atomic mass is 9.86. The van der Waals surface area contributed by atoms with Crippen LogP contribution in [0.15, 0.2) is 39.5 Å². The highest BCUT2D eigenvalue weighted by Crippen LogP contribution is 2.34. The maximum Gasteiger partial charge on any atom is 0.230 e. The van der Waals surface area contributed by atoms with E-state index in [0.29, 0.717) is 11.7 Å². The van der Waals surface area contributed by atoms with Crippen LogP contribution in [-0.2, 0) is 0 Å². The van der Waals surface area contributed by atoms with Crippen molar-refractivity contribution < 1.29 is 8.94 Å². The lowest BCUT2D eigenvalue weighted by Gasteiger charge is -2.23. The first-order chi connectivity index (χ1) is 10.3. The van der Waals surface area contributed by atoms with Crippen LogP contribution >= 0.6 is 0 Å². The van der Waals surface area contributed by atoms with Crippen molar-refractivity contribution in [2.75, 3.05) is 0 Å². The summed E-state index contributed by atoms with van der Waals surface area (Å²) in [5.74, 6) is 1.58. The molecule has 1 fully saturated rings. The summed E-state index contributed by atoms with van der Waals surface area (Å²) >= 11 is 0. The summed E-state index contributed by atoms with van der Waals surface area (Å²) in [4.78, 5) is 4.57. The molecule has 0 spiro atoms. The van der Waals surface area contributed by atoms with Crippen LogP contribution in [0.4, 0.5) is 0 Å². The monoisotopic (exact) mass is 283 g/mol. The Balaban J connectivity index is 1.68. The molecule has 1 aliphatic carbocycles. The molecule has 1 aliphatic rings. The molecule has 0 aliphatic heterocycles. The number of hydrogen-bond acceptors (Lipinski definition) is 5. The summed E-state index contributed by atoms with van der Waals surface area (Å²) in [6.07, 6.45) is 5.89. The molecule has 5 heteroatoms. The minimum absolute atomic E-state index is 0.244. The van der Waals surface area contributed by atoms with Crippen LogP contribution in [0.5, 0.6) is 0 Å². The molecule has 2 unspecified atom stereocenters. The summed E-state index contributed by atoms with van der Waals surface area (Å²) < 4.78 is 11.0. The molecule has 4 rings (SSSR count). The molecule has 0 saturated heterocycles. The van der Waals surface area contributed by atoms with Gasteiger partial charge in [-0.15, -0.1) is 0 Å². The number of nitrogens with two attached hydrogens (primary N) is 1. The Hall–Kier alpha value is -2.14. The van der Waals surface area contributed by atoms with E-state index in [4.69, 9.17) is 14.7 Å². The van der Waals surface area contributed by atoms with Gasteiger partial charge in [-0.25, -0.2) is 0 Å². The Labute approximate surface area is 122 Å². The van der Waals surface area contributed by atoms with Crippen LogP contribution in [-0.4, -0.2) is 16.2 Å². The normalized spacial score (nSPS) is 22.7. The number of fused-ring (bicyclic) bond motifs is 1. The van der Waals surface area contributed by atoms with E-state index in [0.717, 1.165) is 42.2 Å². The molecular weight excluding hydrogens is 266 g/mol. The van der Waals surface area contributed by atoms with E-state index in [1.165, 1.54) is 0 Å². The predicted octanol–water partition coefficient (Wildman–Crippen LogP) is 3.47. The van der Waals surface area contributed by atoms with Crippen LogP contribution in [0, 0.1) is 0 Å². The highest BCUT2D eigenvalue weighted by molar-refractivity contribution is 5.91. The lowest BCUT2D eigenvalue weighted by Crippen LogP contribution is -2.26. The minimum Gasteiger partial charge on any atom is -0.464 e. The third-order valence-electron chi connectivity index (χ3n) is 4.23. The molecule has 108 valence electrons. The Morgan fingerprint density at radius 1 is 1.19 bits per heavy atom. The van der Waals surface area contributed by atoms with Gasteiger partial charge >= 0.3 is 0 Å². The molecule has 0 bridgehead atoms. The highest BCUT2D eigenvalue weighted by Gasteiger charge is 2.26. The smallest absolute Gasteiger partial charge is 0.230 e. The molecule has 2 N–H and O–H groups in total. The predicted molar refractivity (Wildman–Crippen MR) is 78.7 cm³/mol. The topological polar surface area (TPSA) is 78.1 Å². The van der Waals surface area contributed by atoms with E-state index in [2.05, 4.69) is 10.1 Å². The van der Waals surface area contributed by atoms with Crippen molar-refractivity contribution in [3.05, 3.63) is 36.4 Å². The van der Waals surface area contributed by atoms with Crippen LogP contribution in [0.3, 0.4) is 0 Å². The van der Waals surface area contributed by atoms with E-state index in [-0.39, 0.29) is 12.0 Å². The van der Waals surface area contributed by atoms with Crippen molar-refractivity contribution >= 4 is 11.0 Å². The average molecular weight is 283 g/mol. The van der Waals surface area contributed by atoms with Gasteiger partial charge < -0.3 is 14.7 Å². The fourth-order valence-corrected chi connectivity index (χ4v) is 3.11. The molecule has 5 nitrogen and oxygen atoms in total. The number of rotatable bonds is 2. The third kappa shape index (κ3) is 2.23. The van der Waals surface area contributed by atoms with Crippen LogP contribution in [0.1, 0.15) is 37.5 Å². The first kappa shape index (κ1) is 12.6. The lowest BCUT2D eigenvalue weighted by molar-refractivity contribution is 0.299. The maximum absolute atomic E-state index is 6.03. The van der Waals surface area contributed by atoms with Crippen molar-refractivity contribution in [1.29, 1.82) is 0 Å². The summed E-state index contributed by atoms with van der Waals surface area (Å²) in [6.45, 7) is 0. The molecular formula is C16H17N3O2. The molecule has 2 aromatic heterocycles. The Kier molecular flexibility index (Phi) is 3.00. The molecule has 2 heterocycles. The van der Waals surface area contributed by atoms with Gasteiger partial charge in [0.15, 0.2) is 0 Å². The van der Waals surface area contributed by atoms with E-state index < -0.39 is 0 Å².